The molecule has 2 saturated carbocycles. The van der Waals surface area contributed by atoms with Gasteiger partial charge in [-0.05, 0) is 69.1 Å². The van der Waals surface area contributed by atoms with E-state index in [9.17, 15) is 9.59 Å². The highest BCUT2D eigenvalue weighted by Crippen LogP contribution is 2.45. The van der Waals surface area contributed by atoms with Crippen molar-refractivity contribution in [1.82, 2.24) is 15.1 Å². The summed E-state index contributed by atoms with van der Waals surface area (Å²) in [5, 5.41) is 7.70. The van der Waals surface area contributed by atoms with Gasteiger partial charge in [-0.3, -0.25) is 9.59 Å². The summed E-state index contributed by atoms with van der Waals surface area (Å²) in [5.41, 5.74) is 5.07. The molecule has 1 aromatic heterocycles. The minimum atomic E-state index is -0.837. The normalized spacial score (nSPS) is 28.2. The molecule has 32 heavy (non-hydrogen) atoms. The highest BCUT2D eigenvalue weighted by Gasteiger charge is 2.42. The monoisotopic (exact) mass is 444 g/mol. The van der Waals surface area contributed by atoms with Crippen molar-refractivity contribution in [2.75, 3.05) is 6.61 Å². The number of nitrogens with two attached hydrogens (primary N) is 1. The fourth-order valence-electron chi connectivity index (χ4n) is 5.23. The number of aromatic nitrogens is 2. The summed E-state index contributed by atoms with van der Waals surface area (Å²) in [5.74, 6) is 2.62. The van der Waals surface area contributed by atoms with Crippen LogP contribution in [0.2, 0.25) is 0 Å². The number of fused-ring (bicyclic) bond motifs is 2. The summed E-state index contributed by atoms with van der Waals surface area (Å²) < 4.78 is 7.53. The third-order valence-corrected chi connectivity index (χ3v) is 6.95. The van der Waals surface area contributed by atoms with Crippen LogP contribution in [-0.2, 0) is 4.79 Å². The van der Waals surface area contributed by atoms with Crippen LogP contribution in [0.4, 0.5) is 0 Å². The molecule has 1 heterocycles. The largest absolute Gasteiger partial charge is 0.477 e. The summed E-state index contributed by atoms with van der Waals surface area (Å²) in [6.45, 7) is 12.7. The lowest BCUT2D eigenvalue weighted by Crippen LogP contribution is -2.52. The summed E-state index contributed by atoms with van der Waals surface area (Å²) in [6, 6.07) is 0.209. The lowest BCUT2D eigenvalue weighted by molar-refractivity contribution is -0.123. The van der Waals surface area contributed by atoms with E-state index in [1.54, 1.807) is 32.3 Å². The summed E-state index contributed by atoms with van der Waals surface area (Å²) in [7, 11) is 0. The summed E-state index contributed by atoms with van der Waals surface area (Å²) >= 11 is 0. The third-order valence-electron chi connectivity index (χ3n) is 6.95. The van der Waals surface area contributed by atoms with Gasteiger partial charge in [0.1, 0.15) is 5.56 Å². The van der Waals surface area contributed by atoms with Crippen LogP contribution in [0.5, 0.6) is 5.88 Å². The van der Waals surface area contributed by atoms with Crippen molar-refractivity contribution in [2.45, 2.75) is 73.3 Å². The zero-order valence-corrected chi connectivity index (χ0v) is 20.4. The van der Waals surface area contributed by atoms with E-state index in [1.165, 1.54) is 30.4 Å². The van der Waals surface area contributed by atoms with Gasteiger partial charge in [-0.2, -0.15) is 5.10 Å². The topological polar surface area (TPSA) is 99.2 Å². The van der Waals surface area contributed by atoms with Gasteiger partial charge in [-0.1, -0.05) is 33.8 Å². The van der Waals surface area contributed by atoms with Crippen LogP contribution in [0.3, 0.4) is 0 Å². The van der Waals surface area contributed by atoms with E-state index in [4.69, 9.17) is 10.5 Å². The van der Waals surface area contributed by atoms with Crippen molar-refractivity contribution in [2.24, 2.45) is 40.7 Å². The molecule has 2 fully saturated rings. The number of carbonyl (C=O) groups excluding carboxylic acids is 2. The Kier molecular flexibility index (Phi) is 7.36. The second-order valence-corrected chi connectivity index (χ2v) is 11.1. The van der Waals surface area contributed by atoms with E-state index in [2.05, 4.69) is 38.1 Å². The van der Waals surface area contributed by atoms with Crippen molar-refractivity contribution in [3.8, 4) is 5.88 Å². The first-order chi connectivity index (χ1) is 15.0. The summed E-state index contributed by atoms with van der Waals surface area (Å²) in [6.07, 6.45) is 9.58. The number of primary amides is 1. The minimum Gasteiger partial charge on any atom is -0.477 e. The van der Waals surface area contributed by atoms with E-state index in [1.807, 2.05) is 0 Å². The Labute approximate surface area is 192 Å². The van der Waals surface area contributed by atoms with Crippen molar-refractivity contribution in [1.29, 1.82) is 0 Å². The highest BCUT2D eigenvalue weighted by atomic mass is 16.5. The van der Waals surface area contributed by atoms with Gasteiger partial charge in [0.15, 0.2) is 0 Å². The predicted octanol–water partition coefficient (Wildman–Crippen LogP) is 4.09. The first-order valence-corrected chi connectivity index (χ1v) is 12.0. The minimum absolute atomic E-state index is 0.137. The van der Waals surface area contributed by atoms with Crippen LogP contribution in [0.15, 0.2) is 12.3 Å². The van der Waals surface area contributed by atoms with Gasteiger partial charge in [-0.25, -0.2) is 4.68 Å². The lowest BCUT2D eigenvalue weighted by atomic mass is 9.62. The van der Waals surface area contributed by atoms with Crippen LogP contribution in [0.25, 0.3) is 6.20 Å². The first-order valence-electron chi connectivity index (χ1n) is 12.0. The Hall–Kier alpha value is -2.31. The maximum Gasteiger partial charge on any atom is 0.258 e. The standard InChI is InChI=1S/C25H40N4O3/c1-15(2)14-32-23-20(13-27-29(23)8-7-25(5,6)24(26)31)22(30)28-21-18-9-16(3)10-19(21)12-17(4)11-18/h7-8,13,15-19,21H,9-12,14H2,1-6H3,(H2,26,31)(H,28,30)/b8-7+. The smallest absolute Gasteiger partial charge is 0.258 e. The first kappa shape index (κ1) is 24.3. The van der Waals surface area contributed by atoms with Gasteiger partial charge in [0.2, 0.25) is 11.8 Å². The van der Waals surface area contributed by atoms with E-state index >= 15 is 0 Å². The van der Waals surface area contributed by atoms with E-state index in [0.29, 0.717) is 35.8 Å². The van der Waals surface area contributed by atoms with Crippen LogP contribution in [0, 0.1) is 35.0 Å². The second kappa shape index (κ2) is 9.67. The molecule has 1 aromatic rings. The Balaban J connectivity index is 1.83. The van der Waals surface area contributed by atoms with E-state index < -0.39 is 11.3 Å². The number of nitrogens with one attached hydrogen (secondary N) is 1. The van der Waals surface area contributed by atoms with Crippen molar-refractivity contribution in [3.63, 3.8) is 0 Å². The van der Waals surface area contributed by atoms with Gasteiger partial charge in [-0.15, -0.1) is 0 Å². The van der Waals surface area contributed by atoms with Gasteiger partial charge in [0, 0.05) is 12.2 Å². The quantitative estimate of drug-likeness (QED) is 0.631. The van der Waals surface area contributed by atoms with Gasteiger partial charge >= 0.3 is 0 Å². The molecule has 0 spiro atoms. The number of ether oxygens (including phenoxy) is 1. The SMILES string of the molecule is CC(C)COc1c(C(=O)NC2C3CC(C)CC2CC(C)C3)cnn1/C=C/C(C)(C)C(N)=O. The highest BCUT2D eigenvalue weighted by molar-refractivity contribution is 5.96. The molecule has 0 radical (unpaired) electrons. The van der Waals surface area contributed by atoms with Crippen LogP contribution < -0.4 is 15.8 Å². The molecule has 178 valence electrons. The fraction of sp³-hybridized carbons (Fsp3) is 0.720. The molecule has 7 nitrogen and oxygen atoms in total. The molecule has 3 rings (SSSR count). The number of nitrogens with zero attached hydrogens (tertiary/aromatic N) is 2. The zero-order chi connectivity index (χ0) is 23.6. The van der Waals surface area contributed by atoms with Crippen LogP contribution in [0.1, 0.15) is 77.6 Å². The molecule has 2 bridgehead atoms. The van der Waals surface area contributed by atoms with Crippen molar-refractivity contribution < 1.29 is 14.3 Å². The molecular formula is C25H40N4O3. The van der Waals surface area contributed by atoms with E-state index in [-0.39, 0.29) is 11.9 Å². The molecule has 2 aliphatic carbocycles. The van der Waals surface area contributed by atoms with Crippen molar-refractivity contribution in [3.05, 3.63) is 17.8 Å². The average molecular weight is 445 g/mol. The number of carbonyl (C=O) groups is 2. The van der Waals surface area contributed by atoms with Crippen LogP contribution in [-0.4, -0.2) is 34.2 Å². The number of amides is 2. The maximum atomic E-state index is 13.4. The third kappa shape index (κ3) is 5.54. The zero-order valence-electron chi connectivity index (χ0n) is 20.4. The number of hydrogen-bond acceptors (Lipinski definition) is 4. The number of rotatable bonds is 8. The molecule has 0 aliphatic heterocycles. The van der Waals surface area contributed by atoms with Crippen molar-refractivity contribution >= 4 is 18.0 Å². The Morgan fingerprint density at radius 3 is 2.28 bits per heavy atom. The maximum absolute atomic E-state index is 13.4. The molecule has 2 amide bonds. The van der Waals surface area contributed by atoms with Gasteiger partial charge in [0.05, 0.1) is 18.2 Å². The van der Waals surface area contributed by atoms with Crippen LogP contribution >= 0.6 is 0 Å². The second-order valence-electron chi connectivity index (χ2n) is 11.1. The molecule has 0 aromatic carbocycles. The molecule has 0 atom stereocenters. The Bertz CT molecular complexity index is 827. The lowest BCUT2D eigenvalue weighted by Gasteiger charge is -2.47. The number of hydrogen-bond donors (Lipinski definition) is 2. The summed E-state index contributed by atoms with van der Waals surface area (Å²) in [4.78, 5) is 25.0. The average Bonchev–Trinajstić information content (AvgIpc) is 3.08. The molecular weight excluding hydrogens is 404 g/mol. The van der Waals surface area contributed by atoms with Gasteiger partial charge < -0.3 is 15.8 Å². The predicted molar refractivity (Wildman–Crippen MR) is 126 cm³/mol. The molecule has 0 saturated heterocycles. The molecule has 7 heteroatoms. The molecule has 0 unspecified atom stereocenters. The van der Waals surface area contributed by atoms with Gasteiger partial charge in [0.25, 0.3) is 5.91 Å². The Morgan fingerprint density at radius 2 is 1.78 bits per heavy atom. The van der Waals surface area contributed by atoms with E-state index in [0.717, 1.165) is 11.8 Å². The molecule has 2 aliphatic rings. The Morgan fingerprint density at radius 1 is 1.22 bits per heavy atom. The fourth-order valence-corrected chi connectivity index (χ4v) is 5.23. The molecule has 3 N–H and O–H groups in total.